The molecule has 0 bridgehead atoms. The number of hydrogen-bond acceptors (Lipinski definition) is 2. The Morgan fingerprint density at radius 3 is 2.30 bits per heavy atom. The zero-order chi connectivity index (χ0) is 14.8. The van der Waals surface area contributed by atoms with Gasteiger partial charge in [-0.05, 0) is 37.4 Å². The average Bonchev–Trinajstić information content (AvgIpc) is 2.45. The van der Waals surface area contributed by atoms with Gasteiger partial charge in [0, 0.05) is 0 Å². The molecule has 0 saturated carbocycles. The molecule has 0 saturated heterocycles. The summed E-state index contributed by atoms with van der Waals surface area (Å²) in [5, 5.41) is 3.52. The molecule has 2 nitrogen and oxygen atoms in total. The Bertz CT molecular complexity index is 347. The quantitative estimate of drug-likeness (QED) is 0.680. The van der Waals surface area contributed by atoms with Gasteiger partial charge in [-0.1, -0.05) is 57.9 Å². The first-order valence-electron chi connectivity index (χ1n) is 8.15. The van der Waals surface area contributed by atoms with Gasteiger partial charge < -0.3 is 10.1 Å². The van der Waals surface area contributed by atoms with Gasteiger partial charge in [0.25, 0.3) is 0 Å². The minimum atomic E-state index is 0.301. The lowest BCUT2D eigenvalue weighted by molar-refractivity contribution is 0.0442. The van der Waals surface area contributed by atoms with Crippen molar-refractivity contribution in [1.82, 2.24) is 5.32 Å². The number of benzene rings is 1. The summed E-state index contributed by atoms with van der Waals surface area (Å²) in [5.74, 6) is 0. The van der Waals surface area contributed by atoms with Gasteiger partial charge in [-0.2, -0.15) is 0 Å². The summed E-state index contributed by atoms with van der Waals surface area (Å²) in [6, 6.07) is 9.28. The SMILES string of the molecule is CCCc1ccc(C(COC(C)CCC)NCC)cc1. The molecule has 0 radical (unpaired) electrons. The molecule has 1 aromatic rings. The summed E-state index contributed by atoms with van der Waals surface area (Å²) < 4.78 is 5.97. The second-order valence-corrected chi connectivity index (χ2v) is 5.53. The number of aryl methyl sites for hydroxylation is 1. The van der Waals surface area contributed by atoms with Gasteiger partial charge in [0.1, 0.15) is 0 Å². The third-order valence-electron chi connectivity index (χ3n) is 3.61. The van der Waals surface area contributed by atoms with Crippen LogP contribution in [0.4, 0.5) is 0 Å². The molecule has 0 amide bonds. The van der Waals surface area contributed by atoms with Crippen molar-refractivity contribution in [2.75, 3.05) is 13.2 Å². The summed E-state index contributed by atoms with van der Waals surface area (Å²) in [5.41, 5.74) is 2.75. The maximum Gasteiger partial charge on any atom is 0.0665 e. The highest BCUT2D eigenvalue weighted by molar-refractivity contribution is 5.25. The van der Waals surface area contributed by atoms with Crippen LogP contribution in [0.5, 0.6) is 0 Å². The van der Waals surface area contributed by atoms with Crippen molar-refractivity contribution in [2.24, 2.45) is 0 Å². The fourth-order valence-electron chi connectivity index (χ4n) is 2.48. The Morgan fingerprint density at radius 1 is 1.05 bits per heavy atom. The zero-order valence-corrected chi connectivity index (χ0v) is 13.6. The standard InChI is InChI=1S/C18H31NO/c1-5-8-15(4)20-14-18(19-7-3)17-12-10-16(9-6-2)11-13-17/h10-13,15,18-19H,5-9,14H2,1-4H3. The average molecular weight is 277 g/mol. The zero-order valence-electron chi connectivity index (χ0n) is 13.6. The molecule has 1 rings (SSSR count). The lowest BCUT2D eigenvalue weighted by Crippen LogP contribution is -2.27. The van der Waals surface area contributed by atoms with Gasteiger partial charge in [0.05, 0.1) is 18.8 Å². The van der Waals surface area contributed by atoms with Gasteiger partial charge >= 0.3 is 0 Å². The van der Waals surface area contributed by atoms with Crippen LogP contribution in [-0.4, -0.2) is 19.3 Å². The summed E-state index contributed by atoms with van der Waals surface area (Å²) in [4.78, 5) is 0. The Labute approximate surface area is 124 Å². The fourth-order valence-corrected chi connectivity index (χ4v) is 2.48. The molecule has 0 aliphatic carbocycles. The van der Waals surface area contributed by atoms with E-state index in [9.17, 15) is 0 Å². The second kappa shape index (κ2) is 9.95. The van der Waals surface area contributed by atoms with Crippen LogP contribution in [0, 0.1) is 0 Å². The van der Waals surface area contributed by atoms with Crippen molar-refractivity contribution in [3.8, 4) is 0 Å². The molecule has 0 fully saturated rings. The third-order valence-corrected chi connectivity index (χ3v) is 3.61. The fraction of sp³-hybridized carbons (Fsp3) is 0.667. The molecule has 0 aromatic heterocycles. The highest BCUT2D eigenvalue weighted by atomic mass is 16.5. The van der Waals surface area contributed by atoms with Crippen molar-refractivity contribution in [3.05, 3.63) is 35.4 Å². The smallest absolute Gasteiger partial charge is 0.0665 e. The topological polar surface area (TPSA) is 21.3 Å². The van der Waals surface area contributed by atoms with E-state index in [2.05, 4.69) is 57.3 Å². The predicted octanol–water partition coefficient (Wildman–Crippen LogP) is 4.49. The molecule has 2 atom stereocenters. The summed E-state index contributed by atoms with van der Waals surface area (Å²) in [7, 11) is 0. The molecule has 0 spiro atoms. The lowest BCUT2D eigenvalue weighted by Gasteiger charge is -2.21. The van der Waals surface area contributed by atoms with Crippen molar-refractivity contribution in [2.45, 2.75) is 65.5 Å². The van der Waals surface area contributed by atoms with Gasteiger partial charge in [-0.3, -0.25) is 0 Å². The molecule has 1 N–H and O–H groups in total. The largest absolute Gasteiger partial charge is 0.377 e. The number of nitrogens with one attached hydrogen (secondary N) is 1. The Kier molecular flexibility index (Phi) is 8.56. The summed E-state index contributed by atoms with van der Waals surface area (Å²) >= 11 is 0. The molecule has 2 heteroatoms. The lowest BCUT2D eigenvalue weighted by atomic mass is 10.0. The highest BCUT2D eigenvalue weighted by Crippen LogP contribution is 2.16. The highest BCUT2D eigenvalue weighted by Gasteiger charge is 2.12. The first kappa shape index (κ1) is 17.2. The van der Waals surface area contributed by atoms with E-state index in [4.69, 9.17) is 4.74 Å². The van der Waals surface area contributed by atoms with E-state index in [1.165, 1.54) is 24.0 Å². The van der Waals surface area contributed by atoms with Gasteiger partial charge in [-0.15, -0.1) is 0 Å². The number of rotatable bonds is 10. The Hall–Kier alpha value is -0.860. The van der Waals surface area contributed by atoms with Crippen LogP contribution in [0.2, 0.25) is 0 Å². The molecule has 2 unspecified atom stereocenters. The first-order valence-corrected chi connectivity index (χ1v) is 8.15. The van der Waals surface area contributed by atoms with Crippen LogP contribution < -0.4 is 5.32 Å². The molecule has 0 aliphatic rings. The van der Waals surface area contributed by atoms with Crippen molar-refractivity contribution in [3.63, 3.8) is 0 Å². The minimum absolute atomic E-state index is 0.301. The number of hydrogen-bond donors (Lipinski definition) is 1. The van der Waals surface area contributed by atoms with Gasteiger partial charge in [0.15, 0.2) is 0 Å². The number of likely N-dealkylation sites (N-methyl/N-ethyl adjacent to an activating group) is 1. The van der Waals surface area contributed by atoms with E-state index < -0.39 is 0 Å². The second-order valence-electron chi connectivity index (χ2n) is 5.53. The van der Waals surface area contributed by atoms with E-state index in [1.807, 2.05) is 0 Å². The Balaban J connectivity index is 2.59. The maximum atomic E-state index is 5.97. The Morgan fingerprint density at radius 2 is 1.75 bits per heavy atom. The molecule has 0 heterocycles. The van der Waals surface area contributed by atoms with Crippen LogP contribution in [0.1, 0.15) is 64.1 Å². The molecule has 0 aliphatic heterocycles. The normalized spacial score (nSPS) is 14.2. The van der Waals surface area contributed by atoms with E-state index in [1.54, 1.807) is 0 Å². The van der Waals surface area contributed by atoms with E-state index in [-0.39, 0.29) is 0 Å². The molecule has 1 aromatic carbocycles. The van der Waals surface area contributed by atoms with Crippen LogP contribution in [0.3, 0.4) is 0 Å². The molecule has 20 heavy (non-hydrogen) atoms. The van der Waals surface area contributed by atoms with Crippen LogP contribution in [0.25, 0.3) is 0 Å². The van der Waals surface area contributed by atoms with E-state index >= 15 is 0 Å². The van der Waals surface area contributed by atoms with E-state index in [0.717, 1.165) is 26.0 Å². The number of ether oxygens (including phenoxy) is 1. The first-order chi connectivity index (χ1) is 9.71. The van der Waals surface area contributed by atoms with Gasteiger partial charge in [0.2, 0.25) is 0 Å². The van der Waals surface area contributed by atoms with E-state index in [0.29, 0.717) is 12.1 Å². The molecule has 114 valence electrons. The molecular weight excluding hydrogens is 246 g/mol. The maximum absolute atomic E-state index is 5.97. The summed E-state index contributed by atoms with van der Waals surface area (Å²) in [6.07, 6.45) is 5.03. The van der Waals surface area contributed by atoms with Crippen LogP contribution >= 0.6 is 0 Å². The third kappa shape index (κ3) is 6.06. The monoisotopic (exact) mass is 277 g/mol. The van der Waals surface area contributed by atoms with Crippen LogP contribution in [0.15, 0.2) is 24.3 Å². The van der Waals surface area contributed by atoms with Crippen molar-refractivity contribution < 1.29 is 4.74 Å². The summed E-state index contributed by atoms with van der Waals surface area (Å²) in [6.45, 7) is 10.5. The van der Waals surface area contributed by atoms with Crippen molar-refractivity contribution in [1.29, 1.82) is 0 Å². The predicted molar refractivity (Wildman–Crippen MR) is 87.2 cm³/mol. The minimum Gasteiger partial charge on any atom is -0.377 e. The van der Waals surface area contributed by atoms with Gasteiger partial charge in [-0.25, -0.2) is 0 Å². The molecular formula is C18H31NO. The van der Waals surface area contributed by atoms with Crippen LogP contribution in [-0.2, 0) is 11.2 Å². The van der Waals surface area contributed by atoms with Crippen molar-refractivity contribution >= 4 is 0 Å².